The second kappa shape index (κ2) is 8.60. The number of amides is 1. The number of nitrogens with one attached hydrogen (secondary N) is 1. The van der Waals surface area contributed by atoms with Crippen molar-refractivity contribution in [2.24, 2.45) is 5.41 Å². The van der Waals surface area contributed by atoms with Crippen molar-refractivity contribution in [1.82, 2.24) is 25.5 Å². The molecule has 1 aromatic carbocycles. The van der Waals surface area contributed by atoms with Crippen LogP contribution in [-0.2, 0) is 19.1 Å². The molecule has 2 aliphatic heterocycles. The van der Waals surface area contributed by atoms with Crippen LogP contribution < -0.4 is 15.2 Å². The molecule has 166 valence electrons. The van der Waals surface area contributed by atoms with E-state index in [2.05, 4.69) is 20.8 Å². The number of rotatable bonds is 8. The summed E-state index contributed by atoms with van der Waals surface area (Å²) >= 11 is 0. The van der Waals surface area contributed by atoms with Gasteiger partial charge in [-0.25, -0.2) is 0 Å². The van der Waals surface area contributed by atoms with Crippen LogP contribution >= 0.6 is 0 Å². The minimum Gasteiger partial charge on any atom is -0.550 e. The van der Waals surface area contributed by atoms with Crippen LogP contribution in [0.4, 0.5) is 0 Å². The molecule has 2 aliphatic rings. The Hall–Kier alpha value is -3.05. The van der Waals surface area contributed by atoms with Crippen LogP contribution in [0.25, 0.3) is 0 Å². The minimum atomic E-state index is -1.18. The van der Waals surface area contributed by atoms with Crippen LogP contribution in [0.1, 0.15) is 32.7 Å². The number of ether oxygens (including phenoxy) is 3. The largest absolute Gasteiger partial charge is 0.550 e. The predicted octanol–water partition coefficient (Wildman–Crippen LogP) is -0.155. The van der Waals surface area contributed by atoms with Gasteiger partial charge in [-0.15, -0.1) is 0 Å². The number of carboxylic acids is 1. The van der Waals surface area contributed by atoms with E-state index in [1.54, 1.807) is 26.0 Å². The molecular weight excluding hydrogens is 406 g/mol. The van der Waals surface area contributed by atoms with Crippen LogP contribution in [0.2, 0.25) is 0 Å². The summed E-state index contributed by atoms with van der Waals surface area (Å²) in [7, 11) is 0. The van der Waals surface area contributed by atoms with Gasteiger partial charge in [0.2, 0.25) is 5.91 Å². The third-order valence-corrected chi connectivity index (χ3v) is 5.36. The summed E-state index contributed by atoms with van der Waals surface area (Å²) in [5, 5.41) is 25.5. The fourth-order valence-corrected chi connectivity index (χ4v) is 4.01. The lowest BCUT2D eigenvalue weighted by Crippen LogP contribution is -2.45. The molecule has 11 nitrogen and oxygen atoms in total. The van der Waals surface area contributed by atoms with Gasteiger partial charge in [0.15, 0.2) is 0 Å². The van der Waals surface area contributed by atoms with Gasteiger partial charge in [0.1, 0.15) is 24.0 Å². The van der Waals surface area contributed by atoms with Crippen molar-refractivity contribution in [2.75, 3.05) is 13.2 Å². The Labute approximate surface area is 178 Å². The number of carbonyl (C=O) groups excluding carboxylic acids is 2. The summed E-state index contributed by atoms with van der Waals surface area (Å²) in [5.41, 5.74) is -0.711. The standard InChI is InChI=1S/C20H25N5O6/c1-20(2,9-16(27)28)8-15(26)21-13-10-29-18-14(11-30-17(13)18)25-19(22-23-24-25)31-12-6-4-3-5-7-12/h3-7,13-14,17-18H,8-11H2,1-2H3,(H,21,26)(H,27,28)/p-1/t13-,14-,17+,18+/m0/s1. The SMILES string of the molecule is CC(C)(CC(=O)[O-])CC(=O)N[C@H]1CO[C@H]2[C@@H]1OC[C@@H]2n1nnnc1Oc1ccccc1. The maximum atomic E-state index is 12.5. The molecule has 2 saturated heterocycles. The average Bonchev–Trinajstić information content (AvgIpc) is 3.39. The molecule has 3 heterocycles. The zero-order chi connectivity index (χ0) is 22.0. The normalized spacial score (nSPS) is 25.2. The van der Waals surface area contributed by atoms with Crippen molar-refractivity contribution in [3.63, 3.8) is 0 Å². The molecule has 11 heteroatoms. The van der Waals surface area contributed by atoms with E-state index in [9.17, 15) is 14.7 Å². The molecule has 0 aliphatic carbocycles. The summed E-state index contributed by atoms with van der Waals surface area (Å²) < 4.78 is 19.1. The van der Waals surface area contributed by atoms with Gasteiger partial charge in [0.25, 0.3) is 0 Å². The van der Waals surface area contributed by atoms with E-state index in [-0.39, 0.29) is 55.7 Å². The number of aliphatic carboxylic acids is 1. The van der Waals surface area contributed by atoms with Gasteiger partial charge in [-0.05, 0) is 34.4 Å². The zero-order valence-electron chi connectivity index (χ0n) is 17.3. The molecule has 0 unspecified atom stereocenters. The lowest BCUT2D eigenvalue weighted by Gasteiger charge is -2.26. The predicted molar refractivity (Wildman–Crippen MR) is 103 cm³/mol. The Kier molecular flexibility index (Phi) is 5.88. The van der Waals surface area contributed by atoms with Gasteiger partial charge in [-0.2, -0.15) is 4.68 Å². The number of hydrogen-bond acceptors (Lipinski definition) is 9. The number of nitrogens with zero attached hydrogens (tertiary/aromatic N) is 4. The van der Waals surface area contributed by atoms with Crippen LogP contribution in [0, 0.1) is 5.41 Å². The van der Waals surface area contributed by atoms with E-state index in [0.29, 0.717) is 12.4 Å². The minimum absolute atomic E-state index is 0.0559. The van der Waals surface area contributed by atoms with Crippen molar-refractivity contribution in [2.45, 2.75) is 51.0 Å². The van der Waals surface area contributed by atoms with Crippen LogP contribution in [0.3, 0.4) is 0 Å². The Morgan fingerprint density at radius 1 is 1.19 bits per heavy atom. The van der Waals surface area contributed by atoms with Gasteiger partial charge in [-0.3, -0.25) is 4.79 Å². The highest BCUT2D eigenvalue weighted by Crippen LogP contribution is 2.36. The van der Waals surface area contributed by atoms with E-state index >= 15 is 0 Å². The van der Waals surface area contributed by atoms with Gasteiger partial charge in [0.05, 0.1) is 19.3 Å². The molecular formula is C20H24N5O6-. The molecule has 0 saturated carbocycles. The van der Waals surface area contributed by atoms with Crippen LogP contribution in [0.15, 0.2) is 30.3 Å². The molecule has 2 fully saturated rings. The van der Waals surface area contributed by atoms with Crippen molar-refractivity contribution < 1.29 is 28.9 Å². The van der Waals surface area contributed by atoms with Crippen molar-refractivity contribution in [3.8, 4) is 11.8 Å². The highest BCUT2D eigenvalue weighted by Gasteiger charge is 2.50. The van der Waals surface area contributed by atoms with Crippen molar-refractivity contribution >= 4 is 11.9 Å². The first-order chi connectivity index (χ1) is 14.8. The smallest absolute Gasteiger partial charge is 0.341 e. The van der Waals surface area contributed by atoms with E-state index < -0.39 is 11.4 Å². The third-order valence-electron chi connectivity index (χ3n) is 5.36. The topological polar surface area (TPSA) is 141 Å². The number of tetrazole rings is 1. The number of para-hydroxylation sites is 1. The molecule has 31 heavy (non-hydrogen) atoms. The average molecular weight is 430 g/mol. The lowest BCUT2D eigenvalue weighted by atomic mass is 9.85. The molecule has 0 radical (unpaired) electrons. The Morgan fingerprint density at radius 2 is 1.94 bits per heavy atom. The number of carbonyl (C=O) groups is 2. The Morgan fingerprint density at radius 3 is 2.68 bits per heavy atom. The molecule has 1 N–H and O–H groups in total. The zero-order valence-corrected chi connectivity index (χ0v) is 17.3. The fourth-order valence-electron chi connectivity index (χ4n) is 4.01. The number of carboxylic acid groups (broad SMARTS) is 1. The summed E-state index contributed by atoms with van der Waals surface area (Å²) in [4.78, 5) is 23.3. The number of benzene rings is 1. The van der Waals surface area contributed by atoms with E-state index in [0.717, 1.165) is 0 Å². The highest BCUT2D eigenvalue weighted by molar-refractivity contribution is 5.78. The maximum absolute atomic E-state index is 12.5. The summed E-state index contributed by atoms with van der Waals surface area (Å²) in [5.74, 6) is -0.840. The molecule has 4 atom stereocenters. The summed E-state index contributed by atoms with van der Waals surface area (Å²) in [6.45, 7) is 4.00. The molecule has 0 bridgehead atoms. The van der Waals surface area contributed by atoms with Gasteiger partial charge in [-0.1, -0.05) is 37.1 Å². The van der Waals surface area contributed by atoms with Crippen molar-refractivity contribution in [3.05, 3.63) is 30.3 Å². The summed E-state index contributed by atoms with van der Waals surface area (Å²) in [6, 6.07) is 8.73. The third kappa shape index (κ3) is 4.83. The number of hydrogen-bond donors (Lipinski definition) is 1. The Balaban J connectivity index is 1.38. The highest BCUT2D eigenvalue weighted by atomic mass is 16.6. The van der Waals surface area contributed by atoms with Crippen molar-refractivity contribution in [1.29, 1.82) is 0 Å². The number of aromatic nitrogens is 4. The summed E-state index contributed by atoms with van der Waals surface area (Å²) in [6.07, 6.45) is -0.870. The van der Waals surface area contributed by atoms with Crippen LogP contribution in [0.5, 0.6) is 11.8 Å². The molecule has 1 aromatic heterocycles. The van der Waals surface area contributed by atoms with Gasteiger partial charge < -0.3 is 29.4 Å². The first-order valence-corrected chi connectivity index (χ1v) is 10.1. The molecule has 4 rings (SSSR count). The second-order valence-electron chi connectivity index (χ2n) is 8.55. The Bertz CT molecular complexity index is 933. The van der Waals surface area contributed by atoms with E-state index in [4.69, 9.17) is 14.2 Å². The van der Waals surface area contributed by atoms with Gasteiger partial charge >= 0.3 is 6.01 Å². The fraction of sp³-hybridized carbons (Fsp3) is 0.550. The molecule has 2 aromatic rings. The second-order valence-corrected chi connectivity index (χ2v) is 8.55. The monoisotopic (exact) mass is 430 g/mol. The van der Waals surface area contributed by atoms with E-state index in [1.807, 2.05) is 18.2 Å². The maximum Gasteiger partial charge on any atom is 0.341 e. The first kappa shape index (κ1) is 21.2. The first-order valence-electron chi connectivity index (χ1n) is 10.1. The lowest BCUT2D eigenvalue weighted by molar-refractivity contribution is -0.307. The molecule has 1 amide bonds. The number of fused-ring (bicyclic) bond motifs is 1. The van der Waals surface area contributed by atoms with E-state index in [1.165, 1.54) is 4.68 Å². The molecule has 0 spiro atoms. The quantitative estimate of drug-likeness (QED) is 0.605. The van der Waals surface area contributed by atoms with Gasteiger partial charge in [0, 0.05) is 12.4 Å². The van der Waals surface area contributed by atoms with Crippen LogP contribution in [-0.4, -0.2) is 63.5 Å².